The molecule has 1 aliphatic rings. The molecule has 0 bridgehead atoms. The van der Waals surface area contributed by atoms with Gasteiger partial charge in [-0.25, -0.2) is 0 Å². The molecule has 0 saturated carbocycles. The van der Waals surface area contributed by atoms with Gasteiger partial charge in [0.2, 0.25) is 0 Å². The van der Waals surface area contributed by atoms with E-state index < -0.39 is 21.6 Å². The summed E-state index contributed by atoms with van der Waals surface area (Å²) in [6.45, 7) is 9.70. The van der Waals surface area contributed by atoms with Crippen molar-refractivity contribution in [2.24, 2.45) is 5.92 Å². The van der Waals surface area contributed by atoms with Crippen molar-refractivity contribution < 1.29 is 37.8 Å². The van der Waals surface area contributed by atoms with Crippen LogP contribution in [0.4, 0.5) is 0 Å². The second-order valence-electron chi connectivity index (χ2n) is 8.07. The average Bonchev–Trinajstić information content (AvgIpc) is 2.58. The third-order valence-corrected chi connectivity index (χ3v) is 6.21. The fraction of sp³-hybridized carbons (Fsp3) is 0.524. The van der Waals surface area contributed by atoms with E-state index in [1.807, 2.05) is 26.8 Å². The molecule has 0 unspecified atom stereocenters. The average molecular weight is 470 g/mol. The topological polar surface area (TPSA) is 145 Å². The molecule has 0 aromatic heterocycles. The summed E-state index contributed by atoms with van der Waals surface area (Å²) in [5.41, 5.74) is 2.33. The van der Waals surface area contributed by atoms with Crippen molar-refractivity contribution in [1.29, 1.82) is 0 Å². The molecule has 0 amide bonds. The molecule has 0 fully saturated rings. The van der Waals surface area contributed by atoms with Crippen LogP contribution in [0.1, 0.15) is 69.9 Å². The number of unbranched alkanes of at least 4 members (excludes halogenated alkanes) is 2. The van der Waals surface area contributed by atoms with Crippen LogP contribution in [-0.2, 0) is 15.6 Å². The van der Waals surface area contributed by atoms with Gasteiger partial charge in [0, 0.05) is 11.5 Å². The van der Waals surface area contributed by atoms with E-state index >= 15 is 0 Å². The normalized spacial score (nSPS) is 19.6. The third-order valence-electron chi connectivity index (χ3n) is 5.37. The zero-order valence-electron chi connectivity index (χ0n) is 18.0. The number of rotatable bonds is 10. The van der Waals surface area contributed by atoms with Gasteiger partial charge in [-0.3, -0.25) is 0 Å². The molecule has 0 radical (unpaired) electrons. The van der Waals surface area contributed by atoms with E-state index in [1.54, 1.807) is 0 Å². The summed E-state index contributed by atoms with van der Waals surface area (Å²) < 4.78 is 32.5. The fourth-order valence-corrected chi connectivity index (χ4v) is 4.79. The van der Waals surface area contributed by atoms with Crippen LogP contribution >= 0.6 is 15.6 Å². The van der Waals surface area contributed by atoms with Gasteiger partial charge in [0.05, 0.1) is 0 Å². The second kappa shape index (κ2) is 10.5. The van der Waals surface area contributed by atoms with Gasteiger partial charge in [0.25, 0.3) is 0 Å². The molecule has 10 heteroatoms. The summed E-state index contributed by atoms with van der Waals surface area (Å²) >= 11 is 0. The van der Waals surface area contributed by atoms with Crippen molar-refractivity contribution in [2.45, 2.75) is 65.2 Å². The molecule has 2 rings (SSSR count). The molecule has 0 spiro atoms. The van der Waals surface area contributed by atoms with Crippen molar-refractivity contribution in [3.63, 3.8) is 0 Å². The predicted molar refractivity (Wildman–Crippen MR) is 110 cm³/mol. The number of allylic oxidation sites excluding steroid dienone is 3. The van der Waals surface area contributed by atoms with Crippen LogP contribution in [0.3, 0.4) is 0 Å². The number of phosphoric ester groups is 2. The van der Waals surface area contributed by atoms with Crippen LogP contribution in [0, 0.1) is 5.92 Å². The Bertz CT molecular complexity index is 882. The molecule has 174 valence electrons. The molecular formula is C21H28O8P2-4. The Morgan fingerprint density at radius 1 is 1.10 bits per heavy atom. The molecule has 2 atom stereocenters. The largest absolute Gasteiger partial charge is 0.780 e. The monoisotopic (exact) mass is 470 g/mol. The van der Waals surface area contributed by atoms with Crippen LogP contribution < -0.4 is 28.6 Å². The van der Waals surface area contributed by atoms with Crippen LogP contribution in [0.5, 0.6) is 11.5 Å². The van der Waals surface area contributed by atoms with Crippen LogP contribution in [0.15, 0.2) is 35.9 Å². The van der Waals surface area contributed by atoms with E-state index in [2.05, 4.69) is 6.58 Å². The van der Waals surface area contributed by atoms with E-state index in [1.165, 1.54) is 12.1 Å². The molecule has 8 nitrogen and oxygen atoms in total. The molecule has 0 heterocycles. The van der Waals surface area contributed by atoms with Gasteiger partial charge in [-0.1, -0.05) is 43.6 Å². The minimum atomic E-state index is -5.47. The Kier molecular flexibility index (Phi) is 8.74. The molecule has 0 N–H and O–H groups in total. The van der Waals surface area contributed by atoms with Crippen molar-refractivity contribution >= 4 is 15.6 Å². The zero-order valence-corrected chi connectivity index (χ0v) is 19.8. The first-order valence-corrected chi connectivity index (χ1v) is 13.2. The highest BCUT2D eigenvalue weighted by Gasteiger charge is 2.31. The standard InChI is InChI=1S/C21H32O8P2/c1-5-6-7-8-16-12-19(28-30(22,23)24)21(20(13-16)29-31(25,26)27)18-11-15(4)9-10-17(18)14(2)3/h11-13,17-18H,2,5-10H2,1,3-4H3,(H2,22,23,24)(H2,25,26,27)/p-4/t17-,18+/m0/s1. The minimum absolute atomic E-state index is 0.0464. The lowest BCUT2D eigenvalue weighted by atomic mass is 9.73. The van der Waals surface area contributed by atoms with E-state index in [0.717, 1.165) is 36.8 Å². The summed E-state index contributed by atoms with van der Waals surface area (Å²) in [6, 6.07) is 2.82. The number of aryl methyl sites for hydroxylation is 1. The number of hydrogen-bond acceptors (Lipinski definition) is 8. The highest BCUT2D eigenvalue weighted by molar-refractivity contribution is 7.44. The first-order chi connectivity index (χ1) is 14.3. The molecule has 0 saturated heterocycles. The number of benzene rings is 1. The Labute approximate surface area is 183 Å². The maximum absolute atomic E-state index is 11.5. The fourth-order valence-electron chi connectivity index (χ4n) is 4.01. The van der Waals surface area contributed by atoms with Gasteiger partial charge in [-0.15, -0.1) is 0 Å². The lowest BCUT2D eigenvalue weighted by Gasteiger charge is -2.37. The summed E-state index contributed by atoms with van der Waals surface area (Å²) in [7, 11) is -10.9. The quantitative estimate of drug-likeness (QED) is 0.288. The highest BCUT2D eigenvalue weighted by Crippen LogP contribution is 2.51. The number of phosphoric acid groups is 2. The highest BCUT2D eigenvalue weighted by atomic mass is 31.2. The third kappa shape index (κ3) is 7.90. The van der Waals surface area contributed by atoms with Crippen molar-refractivity contribution in [2.75, 3.05) is 0 Å². The van der Waals surface area contributed by atoms with E-state index in [9.17, 15) is 28.7 Å². The Balaban J connectivity index is 2.73. The second-order valence-corrected chi connectivity index (χ2v) is 10.2. The predicted octanol–water partition coefficient (Wildman–Crippen LogP) is 2.85. The summed E-state index contributed by atoms with van der Waals surface area (Å²) in [5.74, 6) is -1.38. The first kappa shape index (κ1) is 25.9. The molecule has 0 aliphatic heterocycles. The van der Waals surface area contributed by atoms with Gasteiger partial charge in [0.1, 0.15) is 27.1 Å². The van der Waals surface area contributed by atoms with Crippen LogP contribution in [-0.4, -0.2) is 0 Å². The van der Waals surface area contributed by atoms with Crippen LogP contribution in [0.2, 0.25) is 0 Å². The summed E-state index contributed by atoms with van der Waals surface area (Å²) in [6.07, 6.45) is 6.33. The molecular weight excluding hydrogens is 442 g/mol. The summed E-state index contributed by atoms with van der Waals surface area (Å²) in [4.78, 5) is 45.9. The molecule has 1 aromatic carbocycles. The Morgan fingerprint density at radius 2 is 1.65 bits per heavy atom. The van der Waals surface area contributed by atoms with Gasteiger partial charge in [-0.05, 0) is 63.1 Å². The lowest BCUT2D eigenvalue weighted by molar-refractivity contribution is -0.335. The van der Waals surface area contributed by atoms with Gasteiger partial charge >= 0.3 is 0 Å². The first-order valence-electron chi connectivity index (χ1n) is 10.2. The maximum atomic E-state index is 11.5. The van der Waals surface area contributed by atoms with E-state index in [-0.39, 0.29) is 23.0 Å². The van der Waals surface area contributed by atoms with E-state index in [0.29, 0.717) is 18.4 Å². The summed E-state index contributed by atoms with van der Waals surface area (Å²) in [5, 5.41) is 0. The van der Waals surface area contributed by atoms with Gasteiger partial charge in [-0.2, -0.15) is 0 Å². The smallest absolute Gasteiger partial charge is 0.132 e. The molecule has 1 aromatic rings. The maximum Gasteiger partial charge on any atom is 0.132 e. The number of hydrogen-bond donors (Lipinski definition) is 0. The molecule has 1 aliphatic carbocycles. The van der Waals surface area contributed by atoms with E-state index in [4.69, 9.17) is 9.05 Å². The van der Waals surface area contributed by atoms with Crippen molar-refractivity contribution in [3.8, 4) is 11.5 Å². The molecule has 31 heavy (non-hydrogen) atoms. The Morgan fingerprint density at radius 3 is 2.10 bits per heavy atom. The van der Waals surface area contributed by atoms with Crippen LogP contribution in [0.25, 0.3) is 0 Å². The van der Waals surface area contributed by atoms with Gasteiger partial charge < -0.3 is 37.8 Å². The SMILES string of the molecule is C=C(C)[C@@H]1CCC(C)=C[C@H]1c1c(OP(=O)([O-])[O-])cc(CCCCC)cc1OP(=O)([O-])[O-]. The Hall–Kier alpha value is -1.40. The lowest BCUT2D eigenvalue weighted by Crippen LogP contribution is -2.23. The zero-order chi connectivity index (χ0) is 23.4. The van der Waals surface area contributed by atoms with Crippen molar-refractivity contribution in [3.05, 3.63) is 47.1 Å². The van der Waals surface area contributed by atoms with Crippen molar-refractivity contribution in [1.82, 2.24) is 0 Å². The van der Waals surface area contributed by atoms with Gasteiger partial charge in [0.15, 0.2) is 0 Å². The minimum Gasteiger partial charge on any atom is -0.780 e.